The van der Waals surface area contributed by atoms with E-state index in [1.807, 2.05) is 0 Å². The molecular formula is C15H16BN3O3. The van der Waals surface area contributed by atoms with E-state index in [0.29, 0.717) is 34.2 Å². The van der Waals surface area contributed by atoms with E-state index in [0.717, 1.165) is 0 Å². The fourth-order valence-corrected chi connectivity index (χ4v) is 1.98. The Kier molecular flexibility index (Phi) is 4.99. The van der Waals surface area contributed by atoms with Gasteiger partial charge in [0.25, 0.3) is 0 Å². The Labute approximate surface area is 129 Å². The van der Waals surface area contributed by atoms with Gasteiger partial charge in [-0.25, -0.2) is 9.83 Å². The van der Waals surface area contributed by atoms with E-state index in [4.69, 9.17) is 11.3 Å². The van der Waals surface area contributed by atoms with Gasteiger partial charge in [0.05, 0.1) is 13.2 Å². The van der Waals surface area contributed by atoms with E-state index in [2.05, 4.69) is 9.83 Å². The summed E-state index contributed by atoms with van der Waals surface area (Å²) in [7, 11) is 3.47. The number of aliphatic hydroxyl groups excluding tert-OH is 1. The van der Waals surface area contributed by atoms with Crippen molar-refractivity contribution in [3.8, 4) is 11.6 Å². The summed E-state index contributed by atoms with van der Waals surface area (Å²) in [6, 6.07) is 8.33. The molecule has 0 unspecified atom stereocenters. The molecule has 1 heterocycles. The van der Waals surface area contributed by atoms with E-state index in [1.165, 1.54) is 0 Å². The lowest BCUT2D eigenvalue weighted by atomic mass is 9.84. The third kappa shape index (κ3) is 3.36. The molecule has 0 atom stereocenters. The van der Waals surface area contributed by atoms with Gasteiger partial charge in [0.2, 0.25) is 11.6 Å². The topological polar surface area (TPSA) is 70.2 Å². The number of aromatic nitrogens is 1. The van der Waals surface area contributed by atoms with Crippen molar-refractivity contribution < 1.29 is 14.9 Å². The minimum atomic E-state index is -0.180. The first-order valence-electron chi connectivity index (χ1n) is 6.66. The molecule has 0 aliphatic carbocycles. The van der Waals surface area contributed by atoms with Crippen LogP contribution in [0.5, 0.6) is 11.6 Å². The molecule has 2 rings (SSSR count). The maximum absolute atomic E-state index is 9.30. The van der Waals surface area contributed by atoms with Crippen molar-refractivity contribution >= 4 is 24.5 Å². The number of hydrogen-bond donors (Lipinski definition) is 2. The lowest BCUT2D eigenvalue weighted by Gasteiger charge is -2.15. The van der Waals surface area contributed by atoms with Gasteiger partial charge in [-0.15, -0.1) is 0 Å². The molecule has 1 aromatic carbocycles. The molecule has 2 N–H and O–H groups in total. The standard InChI is InChI=1S/C15H16BN3O3/c1-17-13-6-7-14(18-15(13)19(2)3)22-11-4-5-12(16-21)10(8-11)9-20/h4-8,16,20-21H,9H2,2-3H3. The van der Waals surface area contributed by atoms with E-state index in [-0.39, 0.29) is 14.1 Å². The largest absolute Gasteiger partial charge is 0.449 e. The van der Waals surface area contributed by atoms with Crippen LogP contribution in [0.15, 0.2) is 30.3 Å². The highest BCUT2D eigenvalue weighted by molar-refractivity contribution is 6.46. The van der Waals surface area contributed by atoms with Crippen LogP contribution >= 0.6 is 0 Å². The lowest BCUT2D eigenvalue weighted by molar-refractivity contribution is 0.282. The summed E-state index contributed by atoms with van der Waals surface area (Å²) in [5.74, 6) is 1.40. The number of pyridine rings is 1. The normalized spacial score (nSPS) is 9.95. The summed E-state index contributed by atoms with van der Waals surface area (Å²) < 4.78 is 5.68. The molecule has 0 bridgehead atoms. The van der Waals surface area contributed by atoms with Crippen molar-refractivity contribution in [2.75, 3.05) is 19.0 Å². The van der Waals surface area contributed by atoms with Gasteiger partial charge >= 0.3 is 7.48 Å². The number of anilines is 1. The SMILES string of the molecule is [C-]#[N+]c1ccc(Oc2ccc(BO)c(CO)c2)nc1N(C)C. The first kappa shape index (κ1) is 15.8. The molecule has 0 aliphatic rings. The number of aliphatic hydroxyl groups is 1. The van der Waals surface area contributed by atoms with Gasteiger partial charge in [-0.2, -0.15) is 0 Å². The van der Waals surface area contributed by atoms with Crippen LogP contribution in [-0.4, -0.2) is 36.7 Å². The first-order valence-corrected chi connectivity index (χ1v) is 6.66. The van der Waals surface area contributed by atoms with E-state index < -0.39 is 0 Å². The fourth-order valence-electron chi connectivity index (χ4n) is 1.98. The molecule has 7 heteroatoms. The van der Waals surface area contributed by atoms with Gasteiger partial charge in [-0.1, -0.05) is 6.07 Å². The Bertz CT molecular complexity index is 714. The van der Waals surface area contributed by atoms with Crippen molar-refractivity contribution in [3.63, 3.8) is 0 Å². The molecule has 22 heavy (non-hydrogen) atoms. The monoisotopic (exact) mass is 297 g/mol. The Morgan fingerprint density at radius 2 is 2.09 bits per heavy atom. The molecule has 112 valence electrons. The quantitative estimate of drug-likeness (QED) is 0.635. The highest BCUT2D eigenvalue weighted by Crippen LogP contribution is 2.29. The van der Waals surface area contributed by atoms with Gasteiger partial charge in [0, 0.05) is 14.1 Å². The van der Waals surface area contributed by atoms with Gasteiger partial charge < -0.3 is 19.8 Å². The molecule has 1 aromatic heterocycles. The second-order valence-corrected chi connectivity index (χ2v) is 4.85. The molecule has 6 nitrogen and oxygen atoms in total. The summed E-state index contributed by atoms with van der Waals surface area (Å²) in [5.41, 5.74) is 1.70. The number of hydrogen-bond acceptors (Lipinski definition) is 5. The van der Waals surface area contributed by atoms with Crippen LogP contribution in [0, 0.1) is 6.57 Å². The average molecular weight is 297 g/mol. The van der Waals surface area contributed by atoms with Crippen molar-refractivity contribution in [3.05, 3.63) is 47.3 Å². The van der Waals surface area contributed by atoms with Crippen LogP contribution in [0.2, 0.25) is 0 Å². The number of benzene rings is 1. The molecule has 0 aliphatic heterocycles. The summed E-state index contributed by atoms with van der Waals surface area (Å²) in [4.78, 5) is 9.48. The average Bonchev–Trinajstić information content (AvgIpc) is 2.54. The molecule has 2 aromatic rings. The molecule has 0 amide bonds. The minimum absolute atomic E-state index is 0.140. The smallest absolute Gasteiger partial charge is 0.305 e. The zero-order valence-electron chi connectivity index (χ0n) is 12.4. The highest BCUT2D eigenvalue weighted by Gasteiger charge is 2.10. The van der Waals surface area contributed by atoms with Crippen LogP contribution < -0.4 is 15.1 Å². The second kappa shape index (κ2) is 6.94. The maximum Gasteiger partial charge on any atom is 0.305 e. The predicted molar refractivity (Wildman–Crippen MR) is 86.3 cm³/mol. The number of rotatable bonds is 5. The Morgan fingerprint density at radius 1 is 1.32 bits per heavy atom. The third-order valence-corrected chi connectivity index (χ3v) is 3.11. The van der Waals surface area contributed by atoms with E-state index in [9.17, 15) is 10.1 Å². The van der Waals surface area contributed by atoms with Crippen molar-refractivity contribution in [2.24, 2.45) is 0 Å². The van der Waals surface area contributed by atoms with Crippen molar-refractivity contribution in [2.45, 2.75) is 6.61 Å². The molecular weight excluding hydrogens is 281 g/mol. The zero-order valence-corrected chi connectivity index (χ0v) is 12.4. The third-order valence-electron chi connectivity index (χ3n) is 3.11. The summed E-state index contributed by atoms with van der Waals surface area (Å²) in [5, 5.41) is 18.5. The first-order chi connectivity index (χ1) is 10.6. The molecule has 0 radical (unpaired) electrons. The second-order valence-electron chi connectivity index (χ2n) is 4.85. The zero-order chi connectivity index (χ0) is 16.1. The summed E-state index contributed by atoms with van der Waals surface area (Å²) >= 11 is 0. The Balaban J connectivity index is 2.31. The summed E-state index contributed by atoms with van der Waals surface area (Å²) in [6.07, 6.45) is 0. The van der Waals surface area contributed by atoms with Crippen molar-refractivity contribution in [1.82, 2.24) is 4.98 Å². The number of ether oxygens (including phenoxy) is 1. The molecule has 0 spiro atoms. The molecule has 0 fully saturated rings. The number of nitrogens with zero attached hydrogens (tertiary/aromatic N) is 3. The van der Waals surface area contributed by atoms with Gasteiger partial charge in [0.1, 0.15) is 11.6 Å². The maximum atomic E-state index is 9.30. The molecule has 0 saturated carbocycles. The van der Waals surface area contributed by atoms with Gasteiger partial charge in [0.15, 0.2) is 0 Å². The van der Waals surface area contributed by atoms with E-state index >= 15 is 0 Å². The van der Waals surface area contributed by atoms with Gasteiger partial charge in [-0.3, -0.25) is 0 Å². The minimum Gasteiger partial charge on any atom is -0.449 e. The lowest BCUT2D eigenvalue weighted by Crippen LogP contribution is -2.18. The van der Waals surface area contributed by atoms with Crippen LogP contribution in [-0.2, 0) is 6.61 Å². The van der Waals surface area contributed by atoms with Crippen molar-refractivity contribution in [1.29, 1.82) is 0 Å². The Hall–Kier alpha value is -2.56. The van der Waals surface area contributed by atoms with Crippen LogP contribution in [0.25, 0.3) is 4.85 Å². The van der Waals surface area contributed by atoms with E-state index in [1.54, 1.807) is 49.3 Å². The van der Waals surface area contributed by atoms with Crippen LogP contribution in [0.1, 0.15) is 5.56 Å². The molecule has 0 saturated heterocycles. The Morgan fingerprint density at radius 3 is 2.68 bits per heavy atom. The van der Waals surface area contributed by atoms with Crippen LogP contribution in [0.4, 0.5) is 11.5 Å². The predicted octanol–water partition coefficient (Wildman–Crippen LogP) is 0.952. The fraction of sp³-hybridized carbons (Fsp3) is 0.200. The summed E-state index contributed by atoms with van der Waals surface area (Å²) in [6.45, 7) is 6.95. The highest BCUT2D eigenvalue weighted by atomic mass is 16.5. The van der Waals surface area contributed by atoms with Crippen LogP contribution in [0.3, 0.4) is 0 Å². The van der Waals surface area contributed by atoms with Gasteiger partial charge in [-0.05, 0) is 35.3 Å².